The van der Waals surface area contributed by atoms with Gasteiger partial charge in [0.15, 0.2) is 0 Å². The fourth-order valence-corrected chi connectivity index (χ4v) is 4.37. The fraction of sp³-hybridized carbons (Fsp3) is 0.588. The summed E-state index contributed by atoms with van der Waals surface area (Å²) in [5.74, 6) is 0. The molecule has 19 heavy (non-hydrogen) atoms. The van der Waals surface area contributed by atoms with Gasteiger partial charge in [0.05, 0.1) is 11.7 Å². The summed E-state index contributed by atoms with van der Waals surface area (Å²) in [5.41, 5.74) is 0.487. The van der Waals surface area contributed by atoms with Gasteiger partial charge in [0.2, 0.25) is 0 Å². The van der Waals surface area contributed by atoms with E-state index in [1.807, 2.05) is 18.2 Å². The first kappa shape index (κ1) is 12.7. The number of nitriles is 1. The molecule has 1 fully saturated rings. The van der Waals surface area contributed by atoms with Crippen molar-refractivity contribution in [3.8, 4) is 6.07 Å². The van der Waals surface area contributed by atoms with Crippen molar-refractivity contribution >= 4 is 0 Å². The Balaban J connectivity index is 2.20. The lowest BCUT2D eigenvalue weighted by molar-refractivity contribution is -0.0895. The zero-order valence-electron chi connectivity index (χ0n) is 11.7. The topological polar surface area (TPSA) is 44.0 Å². The molecule has 2 aliphatic rings. The van der Waals surface area contributed by atoms with Crippen molar-refractivity contribution < 1.29 is 5.11 Å². The lowest BCUT2D eigenvalue weighted by Gasteiger charge is -2.47. The number of nitrogens with zero attached hydrogens (tertiary/aromatic N) is 1. The van der Waals surface area contributed by atoms with Crippen molar-refractivity contribution in [3.05, 3.63) is 35.4 Å². The SMILES string of the molecule is CC1(C)CCCC1(O)C1(C#N)CCc2ccccc21. The van der Waals surface area contributed by atoms with E-state index in [2.05, 4.69) is 26.0 Å². The van der Waals surface area contributed by atoms with Crippen LogP contribution in [0.15, 0.2) is 24.3 Å². The van der Waals surface area contributed by atoms with Crippen LogP contribution in [0, 0.1) is 16.7 Å². The summed E-state index contributed by atoms with van der Waals surface area (Å²) in [6.45, 7) is 4.22. The zero-order valence-corrected chi connectivity index (χ0v) is 11.7. The largest absolute Gasteiger partial charge is 0.387 e. The van der Waals surface area contributed by atoms with Gasteiger partial charge in [0.25, 0.3) is 0 Å². The molecule has 2 atom stereocenters. The fourth-order valence-electron chi connectivity index (χ4n) is 4.37. The van der Waals surface area contributed by atoms with Crippen molar-refractivity contribution in [2.24, 2.45) is 5.41 Å². The van der Waals surface area contributed by atoms with Crippen LogP contribution >= 0.6 is 0 Å². The number of rotatable bonds is 1. The van der Waals surface area contributed by atoms with Gasteiger partial charge in [-0.2, -0.15) is 5.26 Å². The summed E-state index contributed by atoms with van der Waals surface area (Å²) in [7, 11) is 0. The van der Waals surface area contributed by atoms with E-state index in [9.17, 15) is 10.4 Å². The molecule has 100 valence electrons. The predicted molar refractivity (Wildman–Crippen MR) is 74.6 cm³/mol. The van der Waals surface area contributed by atoms with E-state index in [1.165, 1.54) is 5.56 Å². The minimum atomic E-state index is -0.901. The highest BCUT2D eigenvalue weighted by molar-refractivity contribution is 5.48. The smallest absolute Gasteiger partial charge is 0.112 e. The highest BCUT2D eigenvalue weighted by Gasteiger charge is 2.63. The van der Waals surface area contributed by atoms with E-state index < -0.39 is 11.0 Å². The highest BCUT2D eigenvalue weighted by Crippen LogP contribution is 2.59. The standard InChI is InChI=1S/C17H21NO/c1-15(2)9-5-10-17(15,19)16(12-18)11-8-13-6-3-4-7-14(13)16/h3-4,6-7,19H,5,8-11H2,1-2H3. The van der Waals surface area contributed by atoms with Crippen LogP contribution in [0.5, 0.6) is 0 Å². The van der Waals surface area contributed by atoms with Gasteiger partial charge in [-0.3, -0.25) is 0 Å². The Bertz CT molecular complexity index is 557. The number of hydrogen-bond donors (Lipinski definition) is 1. The van der Waals surface area contributed by atoms with Gasteiger partial charge in [0.1, 0.15) is 5.41 Å². The van der Waals surface area contributed by atoms with Crippen LogP contribution < -0.4 is 0 Å². The average molecular weight is 255 g/mol. The highest BCUT2D eigenvalue weighted by atomic mass is 16.3. The summed E-state index contributed by atoms with van der Waals surface area (Å²) in [6, 6.07) is 10.7. The third-order valence-corrected chi connectivity index (χ3v) is 5.60. The molecule has 2 unspecified atom stereocenters. The molecule has 0 aromatic heterocycles. The predicted octanol–water partition coefficient (Wildman–Crippen LogP) is 3.34. The molecule has 0 radical (unpaired) electrons. The van der Waals surface area contributed by atoms with Crippen LogP contribution in [-0.4, -0.2) is 10.7 Å². The van der Waals surface area contributed by atoms with Gasteiger partial charge in [-0.1, -0.05) is 38.1 Å². The number of fused-ring (bicyclic) bond motifs is 1. The van der Waals surface area contributed by atoms with Gasteiger partial charge < -0.3 is 5.11 Å². The number of benzene rings is 1. The third kappa shape index (κ3) is 1.40. The third-order valence-electron chi connectivity index (χ3n) is 5.60. The second-order valence-corrected chi connectivity index (χ2v) is 6.77. The molecule has 2 nitrogen and oxygen atoms in total. The monoisotopic (exact) mass is 255 g/mol. The lowest BCUT2D eigenvalue weighted by atomic mass is 9.59. The van der Waals surface area contributed by atoms with E-state index in [1.54, 1.807) is 0 Å². The Kier molecular flexibility index (Phi) is 2.56. The quantitative estimate of drug-likeness (QED) is 0.836. The Morgan fingerprint density at radius 1 is 1.16 bits per heavy atom. The molecule has 1 aromatic carbocycles. The van der Waals surface area contributed by atoms with E-state index in [-0.39, 0.29) is 5.41 Å². The van der Waals surface area contributed by atoms with Gasteiger partial charge >= 0.3 is 0 Å². The van der Waals surface area contributed by atoms with Crippen LogP contribution in [0.4, 0.5) is 0 Å². The van der Waals surface area contributed by atoms with Gasteiger partial charge in [0, 0.05) is 0 Å². The molecular formula is C17H21NO. The van der Waals surface area contributed by atoms with Crippen LogP contribution in [0.3, 0.4) is 0 Å². The Labute approximate surface area is 115 Å². The first-order chi connectivity index (χ1) is 8.97. The van der Waals surface area contributed by atoms with Gasteiger partial charge in [-0.05, 0) is 48.6 Å². The maximum absolute atomic E-state index is 11.4. The van der Waals surface area contributed by atoms with E-state index >= 15 is 0 Å². The van der Waals surface area contributed by atoms with E-state index in [0.717, 1.165) is 37.7 Å². The lowest BCUT2D eigenvalue weighted by Crippen LogP contribution is -2.56. The summed E-state index contributed by atoms with van der Waals surface area (Å²) >= 11 is 0. The summed E-state index contributed by atoms with van der Waals surface area (Å²) < 4.78 is 0. The maximum Gasteiger partial charge on any atom is 0.112 e. The molecule has 3 rings (SSSR count). The van der Waals surface area contributed by atoms with Gasteiger partial charge in [-0.15, -0.1) is 0 Å². The molecule has 2 aliphatic carbocycles. The summed E-state index contributed by atoms with van der Waals surface area (Å²) in [4.78, 5) is 0. The molecule has 1 saturated carbocycles. The van der Waals surface area contributed by atoms with Crippen LogP contribution in [-0.2, 0) is 11.8 Å². The number of hydrogen-bond acceptors (Lipinski definition) is 2. The maximum atomic E-state index is 11.4. The molecule has 0 spiro atoms. The minimum Gasteiger partial charge on any atom is -0.387 e. The second-order valence-electron chi connectivity index (χ2n) is 6.77. The molecular weight excluding hydrogens is 234 g/mol. The molecule has 0 heterocycles. The normalized spacial score (nSPS) is 35.9. The van der Waals surface area contributed by atoms with Crippen molar-refractivity contribution in [2.45, 2.75) is 57.0 Å². The minimum absolute atomic E-state index is 0.194. The average Bonchev–Trinajstić information content (AvgIpc) is 2.90. The molecule has 0 bridgehead atoms. The summed E-state index contributed by atoms with van der Waals surface area (Å²) in [6.07, 6.45) is 4.40. The van der Waals surface area contributed by atoms with Gasteiger partial charge in [-0.25, -0.2) is 0 Å². The van der Waals surface area contributed by atoms with Crippen molar-refractivity contribution in [1.82, 2.24) is 0 Å². The zero-order chi connectivity index (χ0) is 13.7. The Hall–Kier alpha value is -1.33. The van der Waals surface area contributed by atoms with Crippen molar-refractivity contribution in [2.75, 3.05) is 0 Å². The number of aliphatic hydroxyl groups is 1. The Morgan fingerprint density at radius 2 is 1.89 bits per heavy atom. The molecule has 0 amide bonds. The van der Waals surface area contributed by atoms with Crippen LogP contribution in [0.25, 0.3) is 0 Å². The Morgan fingerprint density at radius 3 is 2.53 bits per heavy atom. The molecule has 0 aliphatic heterocycles. The second kappa shape index (κ2) is 3.84. The van der Waals surface area contributed by atoms with Crippen molar-refractivity contribution in [1.29, 1.82) is 5.26 Å². The first-order valence-electron chi connectivity index (χ1n) is 7.19. The number of aryl methyl sites for hydroxylation is 1. The van der Waals surface area contributed by atoms with Crippen molar-refractivity contribution in [3.63, 3.8) is 0 Å². The molecule has 2 heteroatoms. The van der Waals surface area contributed by atoms with E-state index in [4.69, 9.17) is 0 Å². The molecule has 1 aromatic rings. The molecule has 1 N–H and O–H groups in total. The van der Waals surface area contributed by atoms with E-state index in [0.29, 0.717) is 0 Å². The van der Waals surface area contributed by atoms with Crippen LogP contribution in [0.2, 0.25) is 0 Å². The first-order valence-corrected chi connectivity index (χ1v) is 7.19. The molecule has 0 saturated heterocycles. The van der Waals surface area contributed by atoms with Crippen LogP contribution in [0.1, 0.15) is 50.7 Å². The summed E-state index contributed by atoms with van der Waals surface area (Å²) in [5, 5.41) is 21.3.